The molecule has 0 atom stereocenters. The van der Waals surface area contributed by atoms with Crippen molar-refractivity contribution >= 4 is 50.7 Å². The summed E-state index contributed by atoms with van der Waals surface area (Å²) in [6.45, 7) is 0.314. The van der Waals surface area contributed by atoms with Gasteiger partial charge in [0.2, 0.25) is 5.91 Å². The predicted molar refractivity (Wildman–Crippen MR) is 62.9 cm³/mol. The number of benzene rings is 1. The maximum absolute atomic E-state index is 11.3. The summed E-state index contributed by atoms with van der Waals surface area (Å²) in [5.41, 5.74) is 0.468. The zero-order chi connectivity index (χ0) is 11.0. The zero-order valence-electron chi connectivity index (χ0n) is 7.44. The lowest BCUT2D eigenvalue weighted by atomic mass is 10.3. The fourth-order valence-corrected chi connectivity index (χ4v) is 2.19. The first-order valence-corrected chi connectivity index (χ1v) is 5.74. The summed E-state index contributed by atoms with van der Waals surface area (Å²) in [6, 6.07) is 1.56. The van der Waals surface area contributed by atoms with Crippen molar-refractivity contribution in [2.75, 3.05) is 11.9 Å². The topological polar surface area (TPSA) is 38.3 Å². The molecule has 0 bridgehead atoms. The number of anilines is 1. The molecule has 1 aliphatic rings. The van der Waals surface area contributed by atoms with E-state index in [0.29, 0.717) is 39.0 Å². The van der Waals surface area contributed by atoms with Crippen LogP contribution in [0.15, 0.2) is 10.5 Å². The molecule has 15 heavy (non-hydrogen) atoms. The van der Waals surface area contributed by atoms with Gasteiger partial charge in [-0.1, -0.05) is 23.2 Å². The molecule has 6 heteroatoms. The summed E-state index contributed by atoms with van der Waals surface area (Å²) >= 11 is 15.2. The van der Waals surface area contributed by atoms with Crippen molar-refractivity contribution < 1.29 is 9.53 Å². The lowest BCUT2D eigenvalue weighted by Crippen LogP contribution is -2.10. The molecule has 0 aliphatic carbocycles. The van der Waals surface area contributed by atoms with Gasteiger partial charge in [0.05, 0.1) is 27.5 Å². The van der Waals surface area contributed by atoms with Crippen molar-refractivity contribution in [1.82, 2.24) is 0 Å². The fourth-order valence-electron chi connectivity index (χ4n) is 1.27. The number of carbonyl (C=O) groups is 1. The van der Waals surface area contributed by atoms with E-state index in [1.807, 2.05) is 0 Å². The van der Waals surface area contributed by atoms with Gasteiger partial charge in [-0.25, -0.2) is 0 Å². The summed E-state index contributed by atoms with van der Waals surface area (Å²) in [7, 11) is 0. The van der Waals surface area contributed by atoms with E-state index in [9.17, 15) is 4.79 Å². The summed E-state index contributed by atoms with van der Waals surface area (Å²) in [6.07, 6.45) is 0.301. The van der Waals surface area contributed by atoms with Crippen molar-refractivity contribution in [2.45, 2.75) is 6.42 Å². The minimum atomic E-state index is -0.120. The lowest BCUT2D eigenvalue weighted by Gasteiger charge is -2.11. The maximum atomic E-state index is 11.3. The van der Waals surface area contributed by atoms with Crippen molar-refractivity contribution in [2.24, 2.45) is 0 Å². The molecule has 0 fully saturated rings. The summed E-state index contributed by atoms with van der Waals surface area (Å²) in [4.78, 5) is 11.3. The molecule has 0 saturated heterocycles. The molecule has 1 aliphatic heterocycles. The molecule has 0 aromatic heterocycles. The molecule has 80 valence electrons. The second-order valence-corrected chi connectivity index (χ2v) is 4.61. The highest BCUT2D eigenvalue weighted by Gasteiger charge is 2.21. The van der Waals surface area contributed by atoms with Gasteiger partial charge in [0.1, 0.15) is 5.69 Å². The number of amides is 1. The van der Waals surface area contributed by atoms with Gasteiger partial charge in [0, 0.05) is 0 Å². The highest BCUT2D eigenvalue weighted by Crippen LogP contribution is 2.44. The predicted octanol–water partition coefficient (Wildman–Crippen LogP) is 3.48. The number of hydrogen-bond donors (Lipinski definition) is 1. The smallest absolute Gasteiger partial charge is 0.227 e. The van der Waals surface area contributed by atoms with E-state index in [0.717, 1.165) is 0 Å². The standard InChI is InChI=1S/C9H6BrCl2NO2/c10-7-4(11)3-5(12)8-9(7)15-2-1-6(14)13-8/h3H,1-2H2,(H,13,14). The van der Waals surface area contributed by atoms with Gasteiger partial charge in [-0.3, -0.25) is 4.79 Å². The van der Waals surface area contributed by atoms with Crippen LogP contribution >= 0.6 is 39.1 Å². The first kappa shape index (κ1) is 11.0. The van der Waals surface area contributed by atoms with Crippen LogP contribution in [0, 0.1) is 0 Å². The molecule has 0 radical (unpaired) electrons. The Morgan fingerprint density at radius 2 is 2.13 bits per heavy atom. The monoisotopic (exact) mass is 309 g/mol. The Balaban J connectivity index is 2.60. The first-order chi connectivity index (χ1) is 7.09. The number of nitrogens with one attached hydrogen (secondary N) is 1. The van der Waals surface area contributed by atoms with E-state index in [2.05, 4.69) is 21.2 Å². The van der Waals surface area contributed by atoms with Crippen LogP contribution in [0.5, 0.6) is 5.75 Å². The Kier molecular flexibility index (Phi) is 3.09. The van der Waals surface area contributed by atoms with Crippen molar-refractivity contribution in [3.63, 3.8) is 0 Å². The largest absolute Gasteiger partial charge is 0.490 e. The Labute approximate surface area is 105 Å². The van der Waals surface area contributed by atoms with Gasteiger partial charge in [-0.15, -0.1) is 0 Å². The van der Waals surface area contributed by atoms with Crippen LogP contribution in [-0.4, -0.2) is 12.5 Å². The number of halogens is 3. The van der Waals surface area contributed by atoms with Gasteiger partial charge < -0.3 is 10.1 Å². The van der Waals surface area contributed by atoms with Gasteiger partial charge >= 0.3 is 0 Å². The van der Waals surface area contributed by atoms with E-state index in [-0.39, 0.29) is 5.91 Å². The van der Waals surface area contributed by atoms with Gasteiger partial charge in [0.25, 0.3) is 0 Å². The van der Waals surface area contributed by atoms with Gasteiger partial charge in [-0.2, -0.15) is 0 Å². The molecule has 3 nitrogen and oxygen atoms in total. The van der Waals surface area contributed by atoms with Crippen LogP contribution in [0.1, 0.15) is 6.42 Å². The molecule has 1 aromatic rings. The number of carbonyl (C=O) groups excluding carboxylic acids is 1. The number of hydrogen-bond acceptors (Lipinski definition) is 2. The summed E-state index contributed by atoms with van der Waals surface area (Å²) in [5, 5.41) is 3.50. The molecular formula is C9H6BrCl2NO2. The van der Waals surface area contributed by atoms with Crippen molar-refractivity contribution in [3.8, 4) is 5.75 Å². The second kappa shape index (κ2) is 4.20. The lowest BCUT2D eigenvalue weighted by molar-refractivity contribution is -0.116. The van der Waals surface area contributed by atoms with Crippen molar-refractivity contribution in [3.05, 3.63) is 20.6 Å². The zero-order valence-corrected chi connectivity index (χ0v) is 10.5. The first-order valence-electron chi connectivity index (χ1n) is 4.19. The van der Waals surface area contributed by atoms with E-state index < -0.39 is 0 Å². The van der Waals surface area contributed by atoms with Crippen LogP contribution in [0.4, 0.5) is 5.69 Å². The quantitative estimate of drug-likeness (QED) is 0.745. The van der Waals surface area contributed by atoms with E-state index in [1.165, 1.54) is 0 Å². The third-order valence-corrected chi connectivity index (χ3v) is 3.58. The number of ether oxygens (including phenoxy) is 1. The number of rotatable bonds is 0. The van der Waals surface area contributed by atoms with Crippen molar-refractivity contribution in [1.29, 1.82) is 0 Å². The Bertz CT molecular complexity index is 437. The molecule has 1 heterocycles. The fraction of sp³-hybridized carbons (Fsp3) is 0.222. The van der Waals surface area contributed by atoms with E-state index in [4.69, 9.17) is 27.9 Å². The molecule has 0 saturated carbocycles. The molecule has 2 rings (SSSR count). The Morgan fingerprint density at radius 1 is 1.40 bits per heavy atom. The summed E-state index contributed by atoms with van der Waals surface area (Å²) in [5.74, 6) is 0.364. The molecule has 0 unspecified atom stereocenters. The molecule has 1 N–H and O–H groups in total. The van der Waals surface area contributed by atoms with E-state index in [1.54, 1.807) is 6.07 Å². The normalized spacial score (nSPS) is 15.0. The average molecular weight is 311 g/mol. The minimum absolute atomic E-state index is 0.120. The second-order valence-electron chi connectivity index (χ2n) is 3.00. The Hall–Kier alpha value is -0.450. The highest BCUT2D eigenvalue weighted by atomic mass is 79.9. The van der Waals surface area contributed by atoms with Crippen LogP contribution in [0.3, 0.4) is 0 Å². The van der Waals surface area contributed by atoms with Crippen LogP contribution in [0.25, 0.3) is 0 Å². The van der Waals surface area contributed by atoms with Gasteiger partial charge in [-0.05, 0) is 22.0 Å². The average Bonchev–Trinajstić information content (AvgIpc) is 2.37. The third-order valence-electron chi connectivity index (χ3n) is 1.97. The van der Waals surface area contributed by atoms with Crippen LogP contribution in [-0.2, 0) is 4.79 Å². The van der Waals surface area contributed by atoms with Gasteiger partial charge in [0.15, 0.2) is 5.75 Å². The minimum Gasteiger partial charge on any atom is -0.490 e. The Morgan fingerprint density at radius 3 is 2.87 bits per heavy atom. The third kappa shape index (κ3) is 2.07. The maximum Gasteiger partial charge on any atom is 0.227 e. The molecule has 1 aromatic carbocycles. The van der Waals surface area contributed by atoms with Crippen LogP contribution in [0.2, 0.25) is 10.0 Å². The molecular weight excluding hydrogens is 305 g/mol. The number of fused-ring (bicyclic) bond motifs is 1. The van der Waals surface area contributed by atoms with E-state index >= 15 is 0 Å². The highest BCUT2D eigenvalue weighted by molar-refractivity contribution is 9.10. The molecule has 1 amide bonds. The molecule has 0 spiro atoms. The SMILES string of the molecule is O=C1CCOc2c(Br)c(Cl)cc(Cl)c2N1. The summed E-state index contributed by atoms with van der Waals surface area (Å²) < 4.78 is 6.01. The van der Waals surface area contributed by atoms with Crippen LogP contribution < -0.4 is 10.1 Å².